The third-order valence-corrected chi connectivity index (χ3v) is 4.86. The topological polar surface area (TPSA) is 41.1 Å². The standard InChI is InChI=1S/C21H26N2O.ClH/c1-3-17(18-7-4-15(2)5-8-18)11-21(24)23-12-16-6-9-19-13-22-14-20(19)10-16;/h4-10,17,22H,3,11-14H2,1-2H3,(H,23,24);1H. The normalized spacial score (nSPS) is 13.7. The molecule has 25 heavy (non-hydrogen) atoms. The Labute approximate surface area is 156 Å². The van der Waals surface area contributed by atoms with Gasteiger partial charge in [0.15, 0.2) is 0 Å². The van der Waals surface area contributed by atoms with Gasteiger partial charge in [0, 0.05) is 26.1 Å². The van der Waals surface area contributed by atoms with Crippen LogP contribution in [-0.4, -0.2) is 5.91 Å². The second-order valence-corrected chi connectivity index (χ2v) is 6.70. The number of hydrogen-bond acceptors (Lipinski definition) is 2. The first-order valence-corrected chi connectivity index (χ1v) is 8.80. The average molecular weight is 359 g/mol. The van der Waals surface area contributed by atoms with Crippen LogP contribution in [-0.2, 0) is 24.4 Å². The second kappa shape index (κ2) is 9.02. The number of amides is 1. The molecule has 0 spiro atoms. The Balaban J connectivity index is 0.00000225. The lowest BCUT2D eigenvalue weighted by Gasteiger charge is -2.15. The molecule has 3 nitrogen and oxygen atoms in total. The van der Waals surface area contributed by atoms with Crippen molar-refractivity contribution in [3.05, 3.63) is 70.3 Å². The second-order valence-electron chi connectivity index (χ2n) is 6.70. The Bertz CT molecular complexity index is 712. The fourth-order valence-electron chi connectivity index (χ4n) is 3.29. The van der Waals surface area contributed by atoms with E-state index in [1.165, 1.54) is 27.8 Å². The summed E-state index contributed by atoms with van der Waals surface area (Å²) in [5.74, 6) is 0.413. The highest BCUT2D eigenvalue weighted by Crippen LogP contribution is 2.23. The molecule has 1 aliphatic heterocycles. The molecule has 0 fully saturated rings. The molecule has 2 aromatic carbocycles. The molecular weight excluding hydrogens is 332 g/mol. The highest BCUT2D eigenvalue weighted by Gasteiger charge is 2.15. The molecule has 4 heteroatoms. The number of halogens is 1. The van der Waals surface area contributed by atoms with Crippen molar-refractivity contribution in [3.8, 4) is 0 Å². The maximum Gasteiger partial charge on any atom is 0.220 e. The molecular formula is C21H27ClN2O. The van der Waals surface area contributed by atoms with Gasteiger partial charge < -0.3 is 10.6 Å². The van der Waals surface area contributed by atoms with Crippen molar-refractivity contribution in [3.63, 3.8) is 0 Å². The van der Waals surface area contributed by atoms with Crippen LogP contribution in [0.15, 0.2) is 42.5 Å². The van der Waals surface area contributed by atoms with Crippen LogP contribution in [0.1, 0.15) is 53.5 Å². The van der Waals surface area contributed by atoms with E-state index >= 15 is 0 Å². The molecule has 2 aromatic rings. The van der Waals surface area contributed by atoms with Crippen LogP contribution in [0.2, 0.25) is 0 Å². The Kier molecular flexibility index (Phi) is 7.03. The lowest BCUT2D eigenvalue weighted by Crippen LogP contribution is -2.24. The summed E-state index contributed by atoms with van der Waals surface area (Å²) in [6.45, 7) is 6.73. The lowest BCUT2D eigenvalue weighted by molar-refractivity contribution is -0.121. The van der Waals surface area contributed by atoms with Crippen LogP contribution in [0.5, 0.6) is 0 Å². The lowest BCUT2D eigenvalue weighted by atomic mass is 9.92. The minimum Gasteiger partial charge on any atom is -0.352 e. The average Bonchev–Trinajstić information content (AvgIpc) is 3.06. The van der Waals surface area contributed by atoms with Crippen molar-refractivity contribution in [1.29, 1.82) is 0 Å². The molecule has 2 N–H and O–H groups in total. The molecule has 134 valence electrons. The van der Waals surface area contributed by atoms with E-state index in [9.17, 15) is 4.79 Å². The van der Waals surface area contributed by atoms with Crippen molar-refractivity contribution < 1.29 is 4.79 Å². The van der Waals surface area contributed by atoms with Gasteiger partial charge in [0.1, 0.15) is 0 Å². The number of carbonyl (C=O) groups excluding carboxylic acids is 1. The molecule has 1 amide bonds. The van der Waals surface area contributed by atoms with Crippen molar-refractivity contribution in [1.82, 2.24) is 10.6 Å². The highest BCUT2D eigenvalue weighted by atomic mass is 35.5. The van der Waals surface area contributed by atoms with E-state index in [1.54, 1.807) is 0 Å². The summed E-state index contributed by atoms with van der Waals surface area (Å²) in [7, 11) is 0. The van der Waals surface area contributed by atoms with Crippen molar-refractivity contribution >= 4 is 18.3 Å². The molecule has 0 saturated heterocycles. The summed E-state index contributed by atoms with van der Waals surface area (Å²) in [4.78, 5) is 12.3. The summed E-state index contributed by atoms with van der Waals surface area (Å²) < 4.78 is 0. The van der Waals surface area contributed by atoms with Gasteiger partial charge in [-0.15, -0.1) is 12.4 Å². The first-order chi connectivity index (χ1) is 11.7. The predicted molar refractivity (Wildman–Crippen MR) is 105 cm³/mol. The smallest absolute Gasteiger partial charge is 0.220 e. The molecule has 1 heterocycles. The summed E-state index contributed by atoms with van der Waals surface area (Å²) in [5, 5.41) is 6.42. The van der Waals surface area contributed by atoms with Crippen LogP contribution < -0.4 is 10.6 Å². The molecule has 0 aliphatic carbocycles. The monoisotopic (exact) mass is 358 g/mol. The van der Waals surface area contributed by atoms with Gasteiger partial charge in [-0.2, -0.15) is 0 Å². The highest BCUT2D eigenvalue weighted by molar-refractivity contribution is 5.85. The van der Waals surface area contributed by atoms with Crippen molar-refractivity contribution in [2.24, 2.45) is 0 Å². The van der Waals surface area contributed by atoms with Crippen LogP contribution in [0.4, 0.5) is 0 Å². The molecule has 1 unspecified atom stereocenters. The Morgan fingerprint density at radius 2 is 1.84 bits per heavy atom. The Morgan fingerprint density at radius 3 is 2.56 bits per heavy atom. The maximum absolute atomic E-state index is 12.3. The van der Waals surface area contributed by atoms with Gasteiger partial charge in [0.2, 0.25) is 5.91 Å². The largest absolute Gasteiger partial charge is 0.352 e. The van der Waals surface area contributed by atoms with Crippen molar-refractivity contribution in [2.75, 3.05) is 0 Å². The van der Waals surface area contributed by atoms with Crippen LogP contribution in [0, 0.1) is 6.92 Å². The number of benzene rings is 2. The molecule has 3 rings (SSSR count). The van der Waals surface area contributed by atoms with Gasteiger partial charge >= 0.3 is 0 Å². The van der Waals surface area contributed by atoms with E-state index in [2.05, 4.69) is 66.9 Å². The van der Waals surface area contributed by atoms with Crippen molar-refractivity contribution in [2.45, 2.75) is 52.2 Å². The van der Waals surface area contributed by atoms with Crippen LogP contribution in [0.25, 0.3) is 0 Å². The Morgan fingerprint density at radius 1 is 1.12 bits per heavy atom. The van der Waals surface area contributed by atoms with Gasteiger partial charge in [0.25, 0.3) is 0 Å². The van der Waals surface area contributed by atoms with E-state index in [0.717, 1.165) is 19.5 Å². The third-order valence-electron chi connectivity index (χ3n) is 4.86. The van der Waals surface area contributed by atoms with E-state index in [0.29, 0.717) is 13.0 Å². The Hall–Kier alpha value is -1.84. The molecule has 1 aliphatic rings. The molecule has 0 bridgehead atoms. The fourth-order valence-corrected chi connectivity index (χ4v) is 3.29. The number of aryl methyl sites for hydroxylation is 1. The zero-order valence-corrected chi connectivity index (χ0v) is 15.8. The minimum absolute atomic E-state index is 0. The molecule has 1 atom stereocenters. The number of rotatable bonds is 6. The number of nitrogens with one attached hydrogen (secondary N) is 2. The summed E-state index contributed by atoms with van der Waals surface area (Å²) in [6, 6.07) is 15.0. The zero-order valence-electron chi connectivity index (χ0n) is 15.0. The summed E-state index contributed by atoms with van der Waals surface area (Å²) in [6.07, 6.45) is 1.52. The van der Waals surface area contributed by atoms with Gasteiger partial charge in [-0.25, -0.2) is 0 Å². The van der Waals surface area contributed by atoms with Gasteiger partial charge in [-0.05, 0) is 41.5 Å². The molecule has 0 aromatic heterocycles. The molecule has 0 radical (unpaired) electrons. The van der Waals surface area contributed by atoms with Gasteiger partial charge in [0.05, 0.1) is 0 Å². The van der Waals surface area contributed by atoms with E-state index < -0.39 is 0 Å². The number of carbonyl (C=O) groups is 1. The van der Waals surface area contributed by atoms with E-state index in [-0.39, 0.29) is 24.2 Å². The summed E-state index contributed by atoms with van der Waals surface area (Å²) >= 11 is 0. The quantitative estimate of drug-likeness (QED) is 0.811. The van der Waals surface area contributed by atoms with E-state index in [1.807, 2.05) is 0 Å². The van der Waals surface area contributed by atoms with Crippen LogP contribution in [0.3, 0.4) is 0 Å². The third kappa shape index (κ3) is 5.07. The first-order valence-electron chi connectivity index (χ1n) is 8.80. The number of hydrogen-bond donors (Lipinski definition) is 2. The summed E-state index contributed by atoms with van der Waals surface area (Å²) in [5.41, 5.74) is 6.41. The van der Waals surface area contributed by atoms with Gasteiger partial charge in [-0.1, -0.05) is 55.0 Å². The molecule has 0 saturated carbocycles. The van der Waals surface area contributed by atoms with Crippen LogP contribution >= 0.6 is 12.4 Å². The fraction of sp³-hybridized carbons (Fsp3) is 0.381. The maximum atomic E-state index is 12.3. The minimum atomic E-state index is 0. The first kappa shape index (κ1) is 19.5. The SMILES string of the molecule is CCC(CC(=O)NCc1ccc2c(c1)CNC2)c1ccc(C)cc1.Cl. The van der Waals surface area contributed by atoms with E-state index in [4.69, 9.17) is 0 Å². The number of fused-ring (bicyclic) bond motifs is 1. The van der Waals surface area contributed by atoms with Gasteiger partial charge in [-0.3, -0.25) is 4.79 Å². The zero-order chi connectivity index (χ0) is 16.9. The predicted octanol–water partition coefficient (Wildman–Crippen LogP) is 4.22.